The number of hydrogen-bond donors (Lipinski definition) is 2. The van der Waals surface area contributed by atoms with Crippen molar-refractivity contribution in [3.8, 4) is 0 Å². The summed E-state index contributed by atoms with van der Waals surface area (Å²) in [7, 11) is 0. The lowest BCUT2D eigenvalue weighted by atomic mass is 9.99. The van der Waals surface area contributed by atoms with Gasteiger partial charge in [0.25, 0.3) is 11.5 Å². The number of nitrogens with one attached hydrogen (secondary N) is 1. The van der Waals surface area contributed by atoms with E-state index in [-0.39, 0.29) is 34.1 Å². The molecule has 1 fully saturated rings. The minimum atomic E-state index is -0.686. The van der Waals surface area contributed by atoms with Crippen LogP contribution in [0.5, 0.6) is 0 Å². The molecule has 3 atom stereocenters. The maximum atomic E-state index is 14.9. The fourth-order valence-electron chi connectivity index (χ4n) is 4.58. The van der Waals surface area contributed by atoms with Crippen LogP contribution in [0.2, 0.25) is 0 Å². The van der Waals surface area contributed by atoms with E-state index in [0.29, 0.717) is 11.3 Å². The zero-order valence-electron chi connectivity index (χ0n) is 17.9. The van der Waals surface area contributed by atoms with Crippen LogP contribution in [-0.2, 0) is 0 Å². The summed E-state index contributed by atoms with van der Waals surface area (Å²) in [5.41, 5.74) is 6.99. The second-order valence-electron chi connectivity index (χ2n) is 8.57. The van der Waals surface area contributed by atoms with Gasteiger partial charge in [0.15, 0.2) is 0 Å². The summed E-state index contributed by atoms with van der Waals surface area (Å²) in [5, 5.41) is 4.49. The maximum Gasteiger partial charge on any atom is 0.262 e. The third-order valence-corrected chi connectivity index (χ3v) is 7.47. The highest BCUT2D eigenvalue weighted by molar-refractivity contribution is 8.02. The van der Waals surface area contributed by atoms with E-state index in [1.54, 1.807) is 36.6 Å². The number of halogens is 2. The predicted octanol–water partition coefficient (Wildman–Crippen LogP) is 4.56. The highest BCUT2D eigenvalue weighted by Gasteiger charge is 2.35. The van der Waals surface area contributed by atoms with Gasteiger partial charge in [-0.25, -0.2) is 8.78 Å². The van der Waals surface area contributed by atoms with Crippen molar-refractivity contribution in [3.63, 3.8) is 0 Å². The van der Waals surface area contributed by atoms with E-state index in [2.05, 4.69) is 5.32 Å². The van der Waals surface area contributed by atoms with Crippen LogP contribution in [0.15, 0.2) is 58.7 Å². The minimum Gasteiger partial charge on any atom is -0.345 e. The summed E-state index contributed by atoms with van der Waals surface area (Å²) >= 11 is 1.36. The molecular formula is C25H23F2N3O2S. The van der Waals surface area contributed by atoms with Crippen molar-refractivity contribution in [1.29, 1.82) is 0 Å². The monoisotopic (exact) mass is 467 g/mol. The van der Waals surface area contributed by atoms with Gasteiger partial charge in [0, 0.05) is 11.1 Å². The van der Waals surface area contributed by atoms with Gasteiger partial charge in [0.2, 0.25) is 0 Å². The first kappa shape index (κ1) is 21.9. The van der Waals surface area contributed by atoms with E-state index in [9.17, 15) is 18.4 Å². The first-order valence-electron chi connectivity index (χ1n) is 10.8. The Labute approximate surface area is 193 Å². The third-order valence-electron chi connectivity index (χ3n) is 6.36. The summed E-state index contributed by atoms with van der Waals surface area (Å²) in [4.78, 5) is 27.0. The maximum absolute atomic E-state index is 14.9. The van der Waals surface area contributed by atoms with E-state index in [1.807, 2.05) is 0 Å². The lowest BCUT2D eigenvalue weighted by Crippen LogP contribution is -2.37. The molecule has 0 radical (unpaired) electrons. The van der Waals surface area contributed by atoms with Crippen LogP contribution in [-0.4, -0.2) is 16.5 Å². The van der Waals surface area contributed by atoms with E-state index < -0.39 is 28.7 Å². The lowest BCUT2D eigenvalue weighted by molar-refractivity contribution is 0.0931. The predicted molar refractivity (Wildman–Crippen MR) is 126 cm³/mol. The average Bonchev–Trinajstić information content (AvgIpc) is 3.53. The van der Waals surface area contributed by atoms with Crippen LogP contribution in [0.25, 0.3) is 10.8 Å². The molecule has 0 spiro atoms. The summed E-state index contributed by atoms with van der Waals surface area (Å²) in [6.07, 6.45) is 3.63. The molecule has 2 aliphatic rings. The number of pyridine rings is 1. The molecule has 3 N–H and O–H groups in total. The molecule has 170 valence electrons. The van der Waals surface area contributed by atoms with E-state index in [4.69, 9.17) is 5.73 Å². The fraction of sp³-hybridized carbons (Fsp3) is 0.280. The Bertz CT molecular complexity index is 1350. The Hall–Kier alpha value is -2.97. The van der Waals surface area contributed by atoms with Crippen LogP contribution >= 0.6 is 11.8 Å². The SMILES string of the molecule is Cc1c(C(=O)N[C@H](c2cccc(F)c2)C2CC2)c2cccc(F)c2c(=O)n1C1SC=CC1N. The zero-order valence-corrected chi connectivity index (χ0v) is 18.7. The number of benzene rings is 2. The van der Waals surface area contributed by atoms with Gasteiger partial charge in [0.1, 0.15) is 17.0 Å². The molecule has 33 heavy (non-hydrogen) atoms. The standard InChI is InChI=1S/C25H23F2N3O2S/c1-13-20(23(31)29-22(14-8-9-14)15-4-2-5-16(26)12-15)17-6-3-7-18(27)21(17)24(32)30(13)25-19(28)10-11-33-25/h2-7,10-12,14,19,22,25H,8-9,28H2,1H3,(H,29,31)/t19?,22-,25?/m0/s1. The number of rotatable bonds is 5. The molecule has 2 unspecified atom stereocenters. The van der Waals surface area contributed by atoms with Gasteiger partial charge in [-0.2, -0.15) is 0 Å². The van der Waals surface area contributed by atoms with Crippen LogP contribution in [0.4, 0.5) is 8.78 Å². The molecule has 0 saturated heterocycles. The summed E-state index contributed by atoms with van der Waals surface area (Å²) in [6, 6.07) is 9.66. The van der Waals surface area contributed by atoms with Crippen LogP contribution in [0.3, 0.4) is 0 Å². The smallest absolute Gasteiger partial charge is 0.262 e. The van der Waals surface area contributed by atoms with Crippen LogP contribution in [0, 0.1) is 24.5 Å². The van der Waals surface area contributed by atoms with E-state index in [0.717, 1.165) is 12.8 Å². The topological polar surface area (TPSA) is 77.1 Å². The molecule has 5 nitrogen and oxygen atoms in total. The van der Waals surface area contributed by atoms with Gasteiger partial charge >= 0.3 is 0 Å². The number of nitrogens with zero attached hydrogens (tertiary/aromatic N) is 1. The van der Waals surface area contributed by atoms with Gasteiger partial charge < -0.3 is 11.1 Å². The molecule has 1 saturated carbocycles. The normalized spacial score (nSPS) is 20.8. The second kappa shape index (κ2) is 8.43. The molecule has 3 aromatic rings. The first-order valence-corrected chi connectivity index (χ1v) is 11.8. The molecule has 1 aliphatic carbocycles. The van der Waals surface area contributed by atoms with Gasteiger partial charge in [-0.05, 0) is 54.9 Å². The van der Waals surface area contributed by atoms with Gasteiger partial charge in [0.05, 0.1) is 23.0 Å². The Morgan fingerprint density at radius 2 is 1.97 bits per heavy atom. The van der Waals surface area contributed by atoms with E-state index in [1.165, 1.54) is 40.6 Å². The van der Waals surface area contributed by atoms with Crippen molar-refractivity contribution in [2.45, 2.75) is 37.2 Å². The number of nitrogens with two attached hydrogens (primary N) is 1. The highest BCUT2D eigenvalue weighted by atomic mass is 32.2. The van der Waals surface area contributed by atoms with Crippen molar-refractivity contribution < 1.29 is 13.6 Å². The molecule has 5 rings (SSSR count). The average molecular weight is 468 g/mol. The Kier molecular flexibility index (Phi) is 5.58. The molecule has 2 aromatic carbocycles. The number of fused-ring (bicyclic) bond motifs is 1. The minimum absolute atomic E-state index is 0.137. The van der Waals surface area contributed by atoms with Gasteiger partial charge in [-0.1, -0.05) is 30.3 Å². The van der Waals surface area contributed by atoms with Crippen LogP contribution < -0.4 is 16.6 Å². The molecule has 1 aromatic heterocycles. The summed E-state index contributed by atoms with van der Waals surface area (Å²) in [5.74, 6) is -1.28. The molecular weight excluding hydrogens is 444 g/mol. The molecule has 2 heterocycles. The van der Waals surface area contributed by atoms with Crippen molar-refractivity contribution in [2.75, 3.05) is 0 Å². The molecule has 0 bridgehead atoms. The van der Waals surface area contributed by atoms with Gasteiger partial charge in [-0.15, -0.1) is 11.8 Å². The number of amides is 1. The number of aromatic nitrogens is 1. The number of carbonyl (C=O) groups excluding carboxylic acids is 1. The highest BCUT2D eigenvalue weighted by Crippen LogP contribution is 2.42. The quantitative estimate of drug-likeness (QED) is 0.577. The Balaban J connectivity index is 1.65. The van der Waals surface area contributed by atoms with Gasteiger partial charge in [-0.3, -0.25) is 14.2 Å². The summed E-state index contributed by atoms with van der Waals surface area (Å²) < 4.78 is 30.2. The third kappa shape index (κ3) is 3.87. The first-order chi connectivity index (χ1) is 15.9. The largest absolute Gasteiger partial charge is 0.345 e. The van der Waals surface area contributed by atoms with Crippen molar-refractivity contribution in [2.24, 2.45) is 11.7 Å². The fourth-order valence-corrected chi connectivity index (χ4v) is 5.66. The van der Waals surface area contributed by atoms with Crippen molar-refractivity contribution in [3.05, 3.63) is 92.8 Å². The zero-order chi connectivity index (χ0) is 23.3. The number of hydrogen-bond acceptors (Lipinski definition) is 4. The second-order valence-corrected chi connectivity index (χ2v) is 9.60. The molecule has 1 aliphatic heterocycles. The lowest BCUT2D eigenvalue weighted by Gasteiger charge is -2.25. The Morgan fingerprint density at radius 3 is 2.64 bits per heavy atom. The van der Waals surface area contributed by atoms with Crippen molar-refractivity contribution in [1.82, 2.24) is 9.88 Å². The van der Waals surface area contributed by atoms with Crippen LogP contribution in [0.1, 0.15) is 45.9 Å². The summed E-state index contributed by atoms with van der Waals surface area (Å²) in [6.45, 7) is 1.68. The molecule has 1 amide bonds. The Morgan fingerprint density at radius 1 is 1.21 bits per heavy atom. The van der Waals surface area contributed by atoms with E-state index >= 15 is 0 Å². The molecule has 8 heteroatoms. The number of thioether (sulfide) groups is 1. The number of carbonyl (C=O) groups is 1. The van der Waals surface area contributed by atoms with Crippen molar-refractivity contribution >= 4 is 28.4 Å².